The molecule has 1 heterocycles. The Bertz CT molecular complexity index is 567. The van der Waals surface area contributed by atoms with Gasteiger partial charge >= 0.3 is 0 Å². The minimum absolute atomic E-state index is 0.0104. The topological polar surface area (TPSA) is 49.4 Å². The molecule has 1 saturated heterocycles. The van der Waals surface area contributed by atoms with Crippen molar-refractivity contribution >= 4 is 33.4 Å². The summed E-state index contributed by atoms with van der Waals surface area (Å²) in [4.78, 5) is 26.7. The van der Waals surface area contributed by atoms with Crippen molar-refractivity contribution in [3.8, 4) is 0 Å². The Morgan fingerprint density at radius 1 is 1.29 bits per heavy atom. The van der Waals surface area contributed by atoms with Crippen LogP contribution in [0.25, 0.3) is 0 Å². The highest BCUT2D eigenvalue weighted by atomic mass is 79.9. The Kier molecular flexibility index (Phi) is 4.71. The molecular formula is C16H21BrN2O2. The molecule has 5 heteroatoms. The molecule has 21 heavy (non-hydrogen) atoms. The average Bonchev–Trinajstić information content (AvgIpc) is 2.58. The van der Waals surface area contributed by atoms with Crippen LogP contribution in [0, 0.1) is 6.92 Å². The minimum atomic E-state index is -0.785. The zero-order valence-corrected chi connectivity index (χ0v) is 14.3. The third-order valence-corrected chi connectivity index (χ3v) is 4.75. The van der Waals surface area contributed by atoms with Gasteiger partial charge in [0, 0.05) is 23.1 Å². The molecule has 1 aromatic rings. The summed E-state index contributed by atoms with van der Waals surface area (Å²) in [6, 6.07) is 5.85. The molecule has 4 nitrogen and oxygen atoms in total. The van der Waals surface area contributed by atoms with Crippen molar-refractivity contribution < 1.29 is 9.59 Å². The van der Waals surface area contributed by atoms with E-state index < -0.39 is 5.54 Å². The van der Waals surface area contributed by atoms with Crippen LogP contribution in [0.3, 0.4) is 0 Å². The monoisotopic (exact) mass is 352 g/mol. The van der Waals surface area contributed by atoms with Gasteiger partial charge in [0.2, 0.25) is 5.91 Å². The number of anilines is 1. The summed E-state index contributed by atoms with van der Waals surface area (Å²) in [5.74, 6) is -0.0620. The highest BCUT2D eigenvalue weighted by molar-refractivity contribution is 9.10. The number of nitrogens with zero attached hydrogens (tertiary/aromatic N) is 1. The fraction of sp³-hybridized carbons (Fsp3) is 0.500. The van der Waals surface area contributed by atoms with Gasteiger partial charge in [-0.25, -0.2) is 0 Å². The van der Waals surface area contributed by atoms with Crippen molar-refractivity contribution in [1.82, 2.24) is 5.32 Å². The first kappa shape index (κ1) is 16.0. The Morgan fingerprint density at radius 3 is 2.52 bits per heavy atom. The van der Waals surface area contributed by atoms with Crippen LogP contribution in [0.5, 0.6) is 0 Å². The summed E-state index contributed by atoms with van der Waals surface area (Å²) in [6.07, 6.45) is 1.53. The van der Waals surface area contributed by atoms with Crippen LogP contribution in [0.4, 0.5) is 5.69 Å². The van der Waals surface area contributed by atoms with E-state index in [1.807, 2.05) is 39.0 Å². The summed E-state index contributed by atoms with van der Waals surface area (Å²) < 4.78 is 0.984. The number of aryl methyl sites for hydroxylation is 1. The predicted molar refractivity (Wildman–Crippen MR) is 87.3 cm³/mol. The van der Waals surface area contributed by atoms with Gasteiger partial charge in [-0.2, -0.15) is 0 Å². The van der Waals surface area contributed by atoms with E-state index in [9.17, 15) is 9.59 Å². The molecular weight excluding hydrogens is 332 g/mol. The van der Waals surface area contributed by atoms with Crippen LogP contribution in [-0.4, -0.2) is 23.9 Å². The largest absolute Gasteiger partial charge is 0.342 e. The summed E-state index contributed by atoms with van der Waals surface area (Å²) in [7, 11) is 0. The summed E-state index contributed by atoms with van der Waals surface area (Å²) in [5, 5.41) is 2.93. The SMILES string of the molecule is CCC1(CC)NC(=O)CCN(c2ccc(Br)cc2C)C1=O. The Hall–Kier alpha value is -1.36. The molecule has 1 fully saturated rings. The first-order valence-electron chi connectivity index (χ1n) is 7.32. The molecule has 2 amide bonds. The molecule has 0 radical (unpaired) electrons. The van der Waals surface area contributed by atoms with Crippen molar-refractivity contribution in [3.63, 3.8) is 0 Å². The zero-order valence-electron chi connectivity index (χ0n) is 12.7. The molecule has 1 aromatic carbocycles. The molecule has 0 unspecified atom stereocenters. The number of carbonyl (C=O) groups excluding carboxylic acids is 2. The van der Waals surface area contributed by atoms with Gasteiger partial charge in [0.25, 0.3) is 5.91 Å². The number of rotatable bonds is 3. The van der Waals surface area contributed by atoms with Crippen LogP contribution in [0.2, 0.25) is 0 Å². The first-order valence-corrected chi connectivity index (χ1v) is 8.12. The van der Waals surface area contributed by atoms with Crippen molar-refractivity contribution in [3.05, 3.63) is 28.2 Å². The van der Waals surface area contributed by atoms with Gasteiger partial charge in [-0.15, -0.1) is 0 Å². The number of benzene rings is 1. The molecule has 1 N–H and O–H groups in total. The number of carbonyl (C=O) groups is 2. The third kappa shape index (κ3) is 2.98. The van der Waals surface area contributed by atoms with Gasteiger partial charge in [-0.05, 0) is 43.5 Å². The highest BCUT2D eigenvalue weighted by Crippen LogP contribution is 2.29. The molecule has 2 rings (SSSR count). The van der Waals surface area contributed by atoms with Gasteiger partial charge in [-0.1, -0.05) is 29.8 Å². The summed E-state index contributed by atoms with van der Waals surface area (Å²) in [5.41, 5.74) is 1.12. The zero-order chi connectivity index (χ0) is 15.6. The van der Waals surface area contributed by atoms with Crippen LogP contribution in [-0.2, 0) is 9.59 Å². The van der Waals surface area contributed by atoms with E-state index in [0.717, 1.165) is 15.7 Å². The van der Waals surface area contributed by atoms with Gasteiger partial charge in [0.05, 0.1) is 0 Å². The summed E-state index contributed by atoms with van der Waals surface area (Å²) >= 11 is 3.44. The van der Waals surface area contributed by atoms with Crippen molar-refractivity contribution in [2.45, 2.75) is 45.6 Å². The molecule has 0 saturated carbocycles. The van der Waals surface area contributed by atoms with Crippen LogP contribution < -0.4 is 10.2 Å². The number of nitrogens with one attached hydrogen (secondary N) is 1. The molecule has 0 spiro atoms. The lowest BCUT2D eigenvalue weighted by Gasteiger charge is -2.34. The van der Waals surface area contributed by atoms with Crippen LogP contribution in [0.1, 0.15) is 38.7 Å². The third-order valence-electron chi connectivity index (χ3n) is 4.25. The fourth-order valence-electron chi connectivity index (χ4n) is 2.84. The number of hydrogen-bond donors (Lipinski definition) is 1. The number of hydrogen-bond acceptors (Lipinski definition) is 2. The van der Waals surface area contributed by atoms with Gasteiger partial charge in [-0.3, -0.25) is 9.59 Å². The Balaban J connectivity index is 2.47. The van der Waals surface area contributed by atoms with E-state index in [1.54, 1.807) is 4.90 Å². The number of halogens is 1. The van der Waals surface area contributed by atoms with Gasteiger partial charge < -0.3 is 10.2 Å². The molecule has 0 bridgehead atoms. The maximum atomic E-state index is 13.0. The second kappa shape index (κ2) is 6.18. The van der Waals surface area contributed by atoms with Crippen LogP contribution >= 0.6 is 15.9 Å². The van der Waals surface area contributed by atoms with Gasteiger partial charge in [0.15, 0.2) is 0 Å². The lowest BCUT2D eigenvalue weighted by Crippen LogP contribution is -2.56. The normalized spacial score (nSPS) is 18.4. The Labute approximate surface area is 134 Å². The lowest BCUT2D eigenvalue weighted by atomic mass is 9.91. The van der Waals surface area contributed by atoms with E-state index in [0.29, 0.717) is 25.8 Å². The fourth-order valence-corrected chi connectivity index (χ4v) is 3.31. The van der Waals surface area contributed by atoms with Crippen molar-refractivity contribution in [2.75, 3.05) is 11.4 Å². The molecule has 0 atom stereocenters. The maximum Gasteiger partial charge on any atom is 0.252 e. The number of amides is 2. The Morgan fingerprint density at radius 2 is 1.95 bits per heavy atom. The molecule has 114 valence electrons. The first-order chi connectivity index (χ1) is 9.93. The van der Waals surface area contributed by atoms with E-state index in [2.05, 4.69) is 21.2 Å². The average molecular weight is 353 g/mol. The van der Waals surface area contributed by atoms with E-state index >= 15 is 0 Å². The lowest BCUT2D eigenvalue weighted by molar-refractivity contribution is -0.130. The van der Waals surface area contributed by atoms with E-state index in [4.69, 9.17) is 0 Å². The van der Waals surface area contributed by atoms with Crippen molar-refractivity contribution in [1.29, 1.82) is 0 Å². The quantitative estimate of drug-likeness (QED) is 0.908. The standard InChI is InChI=1S/C16H21BrN2O2/c1-4-16(5-2)15(21)19(9-8-14(20)18-16)13-7-6-12(17)10-11(13)3/h6-7,10H,4-5,8-9H2,1-3H3,(H,18,20). The second-order valence-corrected chi connectivity index (χ2v) is 6.39. The van der Waals surface area contributed by atoms with Crippen molar-refractivity contribution in [2.24, 2.45) is 0 Å². The molecule has 0 aliphatic carbocycles. The summed E-state index contributed by atoms with van der Waals surface area (Å²) in [6.45, 7) is 6.29. The molecule has 0 aromatic heterocycles. The minimum Gasteiger partial charge on any atom is -0.342 e. The highest BCUT2D eigenvalue weighted by Gasteiger charge is 2.42. The molecule has 1 aliphatic rings. The predicted octanol–water partition coefficient (Wildman–Crippen LogP) is 3.17. The van der Waals surface area contributed by atoms with Gasteiger partial charge in [0.1, 0.15) is 5.54 Å². The second-order valence-electron chi connectivity index (χ2n) is 5.47. The molecule has 1 aliphatic heterocycles. The van der Waals surface area contributed by atoms with E-state index in [-0.39, 0.29) is 11.8 Å². The smallest absolute Gasteiger partial charge is 0.252 e. The van der Waals surface area contributed by atoms with Crippen LogP contribution in [0.15, 0.2) is 22.7 Å². The van der Waals surface area contributed by atoms with E-state index in [1.165, 1.54) is 0 Å². The maximum absolute atomic E-state index is 13.0.